The van der Waals surface area contributed by atoms with Gasteiger partial charge in [-0.3, -0.25) is 0 Å². The van der Waals surface area contributed by atoms with Gasteiger partial charge >= 0.3 is 0 Å². The molecule has 1 aliphatic heterocycles. The first-order valence-electron chi connectivity index (χ1n) is 12.9. The van der Waals surface area contributed by atoms with E-state index >= 15 is 0 Å². The molecule has 2 N–H and O–H groups in total. The van der Waals surface area contributed by atoms with Gasteiger partial charge < -0.3 is 15.5 Å². The molecule has 0 bridgehead atoms. The lowest BCUT2D eigenvalue weighted by molar-refractivity contribution is 0.582. The van der Waals surface area contributed by atoms with E-state index in [0.717, 1.165) is 73.2 Å². The van der Waals surface area contributed by atoms with Crippen molar-refractivity contribution in [2.45, 2.75) is 40.5 Å². The van der Waals surface area contributed by atoms with Crippen LogP contribution < -0.4 is 15.5 Å². The molecule has 0 spiro atoms. The van der Waals surface area contributed by atoms with Gasteiger partial charge in [0, 0.05) is 61.3 Å². The lowest BCUT2D eigenvalue weighted by Crippen LogP contribution is -2.44. The quantitative estimate of drug-likeness (QED) is 0.505. The zero-order valence-corrected chi connectivity index (χ0v) is 21.7. The summed E-state index contributed by atoms with van der Waals surface area (Å²) in [5, 5.41) is 11.9. The summed E-state index contributed by atoms with van der Waals surface area (Å²) < 4.78 is 1.80. The monoisotopic (exact) mass is 481 g/mol. The largest absolute Gasteiger partial charge is 0.359 e. The number of rotatable bonds is 7. The first-order valence-corrected chi connectivity index (χ1v) is 12.9. The second-order valence-electron chi connectivity index (χ2n) is 9.43. The number of nitrogens with zero attached hydrogens (tertiary/aromatic N) is 5. The van der Waals surface area contributed by atoms with Gasteiger partial charge in [0.1, 0.15) is 5.82 Å². The maximum Gasteiger partial charge on any atom is 0.253 e. The molecule has 186 valence electrons. The van der Waals surface area contributed by atoms with Crippen LogP contribution in [-0.2, 0) is 6.42 Å². The lowest BCUT2D eigenvalue weighted by atomic mass is 10.1. The molecule has 7 heteroatoms. The molecule has 7 nitrogen and oxygen atoms in total. The number of allylic oxidation sites excluding steroid dienone is 4. The van der Waals surface area contributed by atoms with E-state index in [9.17, 15) is 0 Å². The maximum absolute atomic E-state index is 5.08. The molecule has 5 rings (SSSR count). The highest BCUT2D eigenvalue weighted by atomic mass is 15.4. The number of aryl methyl sites for hydroxylation is 1. The summed E-state index contributed by atoms with van der Waals surface area (Å²) in [4.78, 5) is 12.4. The third kappa shape index (κ3) is 4.97. The molecule has 36 heavy (non-hydrogen) atoms. The molecule has 0 radical (unpaired) electrons. The average molecular weight is 482 g/mol. The first kappa shape index (κ1) is 24.0. The van der Waals surface area contributed by atoms with Crippen molar-refractivity contribution in [3.8, 4) is 17.2 Å². The van der Waals surface area contributed by atoms with Crippen molar-refractivity contribution in [3.05, 3.63) is 82.5 Å². The first-order chi connectivity index (χ1) is 17.6. The molecule has 3 heterocycles. The Morgan fingerprint density at radius 2 is 2.00 bits per heavy atom. The molecular formula is C29H35N7. The van der Waals surface area contributed by atoms with Gasteiger partial charge in [-0.05, 0) is 51.0 Å². The highest BCUT2D eigenvalue weighted by molar-refractivity contribution is 5.72. The molecular weight excluding hydrogens is 446 g/mol. The van der Waals surface area contributed by atoms with Crippen molar-refractivity contribution in [2.75, 3.05) is 31.1 Å². The molecule has 0 atom stereocenters. The number of piperazine rings is 1. The lowest BCUT2D eigenvalue weighted by Gasteiger charge is -2.30. The highest BCUT2D eigenvalue weighted by Crippen LogP contribution is 2.34. The zero-order valence-electron chi connectivity index (χ0n) is 21.7. The minimum atomic E-state index is 0.607. The smallest absolute Gasteiger partial charge is 0.253 e. The molecule has 1 saturated heterocycles. The Morgan fingerprint density at radius 3 is 2.75 bits per heavy atom. The molecule has 0 saturated carbocycles. The molecule has 1 fully saturated rings. The molecule has 1 aliphatic carbocycles. The van der Waals surface area contributed by atoms with Gasteiger partial charge in [0.25, 0.3) is 5.95 Å². The fraction of sp³-hybridized carbons (Fsp3) is 0.345. The van der Waals surface area contributed by atoms with Gasteiger partial charge in [-0.1, -0.05) is 42.8 Å². The van der Waals surface area contributed by atoms with Crippen LogP contribution in [0.25, 0.3) is 23.3 Å². The molecule has 3 aromatic rings. The van der Waals surface area contributed by atoms with Crippen LogP contribution in [0.15, 0.2) is 65.6 Å². The van der Waals surface area contributed by atoms with Crippen molar-refractivity contribution in [3.63, 3.8) is 0 Å². The summed E-state index contributed by atoms with van der Waals surface area (Å²) in [5.74, 6) is 1.63. The Kier molecular flexibility index (Phi) is 7.00. The van der Waals surface area contributed by atoms with Gasteiger partial charge in [-0.15, -0.1) is 0 Å². The molecule has 2 aromatic heterocycles. The normalized spacial score (nSPS) is 16.2. The Morgan fingerprint density at radius 1 is 1.17 bits per heavy atom. The zero-order chi connectivity index (χ0) is 25.1. The van der Waals surface area contributed by atoms with Crippen molar-refractivity contribution in [1.82, 2.24) is 30.4 Å². The van der Waals surface area contributed by atoms with Crippen LogP contribution in [0.3, 0.4) is 0 Å². The van der Waals surface area contributed by atoms with Crippen molar-refractivity contribution in [2.24, 2.45) is 0 Å². The third-order valence-corrected chi connectivity index (χ3v) is 6.68. The van der Waals surface area contributed by atoms with E-state index in [1.54, 1.807) is 4.68 Å². The molecule has 0 amide bonds. The van der Waals surface area contributed by atoms with Crippen LogP contribution >= 0.6 is 0 Å². The van der Waals surface area contributed by atoms with Gasteiger partial charge in [-0.25, -0.2) is 9.67 Å². The Bertz CT molecular complexity index is 1340. The maximum atomic E-state index is 5.08. The number of nitrogens with one attached hydrogen (secondary N) is 2. The SMILES string of the molecule is C/C=C(\N/C(C)=C/CC)C1=Cc2nc(-n3ccc(-c4cccc(C)c4)n3)nc(N3CCNCC3)c2C1. The summed E-state index contributed by atoms with van der Waals surface area (Å²) >= 11 is 0. The fourth-order valence-electron chi connectivity index (χ4n) is 4.89. The Hall–Kier alpha value is -3.71. The van der Waals surface area contributed by atoms with E-state index in [4.69, 9.17) is 15.1 Å². The third-order valence-electron chi connectivity index (χ3n) is 6.68. The van der Waals surface area contributed by atoms with E-state index in [1.165, 1.54) is 16.7 Å². The summed E-state index contributed by atoms with van der Waals surface area (Å²) in [5.41, 5.74) is 8.93. The predicted octanol–water partition coefficient (Wildman–Crippen LogP) is 4.79. The van der Waals surface area contributed by atoms with Crippen LogP contribution in [0.5, 0.6) is 0 Å². The van der Waals surface area contributed by atoms with E-state index < -0.39 is 0 Å². The Labute approximate surface area is 213 Å². The van der Waals surface area contributed by atoms with Gasteiger partial charge in [0.05, 0.1) is 11.4 Å². The van der Waals surface area contributed by atoms with Crippen molar-refractivity contribution >= 4 is 11.9 Å². The van der Waals surface area contributed by atoms with Crippen molar-refractivity contribution < 1.29 is 0 Å². The standard InChI is InChI=1S/C29H35N7/c1-5-8-21(4)31-25(6-2)23-18-24-27(19-23)32-29(33-28(24)35-15-12-30-13-16-35)36-14-11-26(34-36)22-10-7-9-20(3)17-22/h6-11,14,17,19,30-31H,5,12-13,15-16,18H2,1-4H3/b21-8+,25-6-. The Balaban J connectivity index is 1.53. The van der Waals surface area contributed by atoms with Gasteiger partial charge in [0.2, 0.25) is 0 Å². The van der Waals surface area contributed by atoms with Gasteiger partial charge in [-0.2, -0.15) is 10.1 Å². The van der Waals surface area contributed by atoms with Crippen LogP contribution in [0.1, 0.15) is 44.0 Å². The molecule has 2 aliphatic rings. The second-order valence-corrected chi connectivity index (χ2v) is 9.43. The summed E-state index contributed by atoms with van der Waals surface area (Å²) in [6.07, 6.45) is 10.3. The highest BCUT2D eigenvalue weighted by Gasteiger charge is 2.26. The molecule has 1 aromatic carbocycles. The number of hydrogen-bond acceptors (Lipinski definition) is 6. The van der Waals surface area contributed by atoms with Crippen LogP contribution in [0.2, 0.25) is 0 Å². The van der Waals surface area contributed by atoms with Crippen LogP contribution in [-0.4, -0.2) is 45.9 Å². The number of anilines is 1. The van der Waals surface area contributed by atoms with E-state index in [1.807, 2.05) is 12.3 Å². The average Bonchev–Trinajstić information content (AvgIpc) is 3.55. The summed E-state index contributed by atoms with van der Waals surface area (Å²) in [7, 11) is 0. The fourth-order valence-corrected chi connectivity index (χ4v) is 4.89. The van der Waals surface area contributed by atoms with E-state index in [2.05, 4.69) is 85.7 Å². The summed E-state index contributed by atoms with van der Waals surface area (Å²) in [6.45, 7) is 12.2. The topological polar surface area (TPSA) is 70.9 Å². The number of benzene rings is 1. The summed E-state index contributed by atoms with van der Waals surface area (Å²) in [6, 6.07) is 10.4. The molecule has 0 unspecified atom stereocenters. The van der Waals surface area contributed by atoms with Crippen molar-refractivity contribution in [1.29, 1.82) is 0 Å². The number of hydrogen-bond donors (Lipinski definition) is 2. The predicted molar refractivity (Wildman–Crippen MR) is 147 cm³/mol. The number of fused-ring (bicyclic) bond motifs is 1. The van der Waals surface area contributed by atoms with Gasteiger partial charge in [0.15, 0.2) is 0 Å². The number of aromatic nitrogens is 4. The van der Waals surface area contributed by atoms with Crippen LogP contribution in [0.4, 0.5) is 5.82 Å². The van der Waals surface area contributed by atoms with E-state index in [-0.39, 0.29) is 0 Å². The second kappa shape index (κ2) is 10.5. The minimum Gasteiger partial charge on any atom is -0.359 e. The van der Waals surface area contributed by atoms with Crippen LogP contribution in [0, 0.1) is 6.92 Å². The van der Waals surface area contributed by atoms with E-state index in [0.29, 0.717) is 5.95 Å². The minimum absolute atomic E-state index is 0.607.